The number of hydrogen-bond acceptors (Lipinski definition) is 4. The van der Waals surface area contributed by atoms with Gasteiger partial charge in [-0.3, -0.25) is 0 Å². The molecule has 0 fully saturated rings. The van der Waals surface area contributed by atoms with Gasteiger partial charge in [-0.2, -0.15) is 0 Å². The predicted octanol–water partition coefficient (Wildman–Crippen LogP) is 3.39. The molecule has 2 amide bonds. The molecule has 0 radical (unpaired) electrons. The van der Waals surface area contributed by atoms with Crippen molar-refractivity contribution in [2.24, 2.45) is 0 Å². The number of anilines is 1. The van der Waals surface area contributed by atoms with E-state index in [0.29, 0.717) is 5.69 Å². The van der Waals surface area contributed by atoms with Gasteiger partial charge in [0.1, 0.15) is 5.01 Å². The first-order chi connectivity index (χ1) is 9.95. The Hall–Kier alpha value is -1.92. The highest BCUT2D eigenvalue weighted by atomic mass is 32.1. The summed E-state index contributed by atoms with van der Waals surface area (Å²) < 4.78 is 0. The van der Waals surface area contributed by atoms with Crippen LogP contribution in [-0.4, -0.2) is 16.1 Å². The van der Waals surface area contributed by atoms with Crippen LogP contribution in [0.3, 0.4) is 0 Å². The zero-order valence-electron chi connectivity index (χ0n) is 12.3. The molecule has 2 unspecified atom stereocenters. The molecule has 0 aliphatic heterocycles. The minimum atomic E-state index is -0.563. The van der Waals surface area contributed by atoms with Gasteiger partial charge in [0.15, 0.2) is 0 Å². The van der Waals surface area contributed by atoms with E-state index in [9.17, 15) is 9.90 Å². The van der Waals surface area contributed by atoms with Crippen molar-refractivity contribution in [3.05, 3.63) is 45.9 Å². The van der Waals surface area contributed by atoms with Gasteiger partial charge in [-0.15, -0.1) is 11.3 Å². The molecule has 2 rings (SSSR count). The van der Waals surface area contributed by atoms with Gasteiger partial charge >= 0.3 is 6.03 Å². The Morgan fingerprint density at radius 2 is 2.14 bits per heavy atom. The molecule has 2 aromatic rings. The number of rotatable bonds is 4. The Kier molecular flexibility index (Phi) is 4.93. The topological polar surface area (TPSA) is 74.2 Å². The third kappa shape index (κ3) is 4.27. The summed E-state index contributed by atoms with van der Waals surface area (Å²) >= 11 is 1.56. The Bertz CT molecular complexity index is 625. The third-order valence-corrected chi connectivity index (χ3v) is 4.08. The van der Waals surface area contributed by atoms with Crippen molar-refractivity contribution < 1.29 is 9.90 Å². The summed E-state index contributed by atoms with van der Waals surface area (Å²) in [5.74, 6) is 0. The number of benzene rings is 1. The zero-order valence-corrected chi connectivity index (χ0v) is 13.1. The fraction of sp³-hybridized carbons (Fsp3) is 0.333. The maximum atomic E-state index is 12.0. The lowest BCUT2D eigenvalue weighted by Gasteiger charge is -2.13. The van der Waals surface area contributed by atoms with Crippen molar-refractivity contribution in [3.8, 4) is 0 Å². The van der Waals surface area contributed by atoms with E-state index in [2.05, 4.69) is 15.6 Å². The lowest BCUT2D eigenvalue weighted by atomic mass is 10.1. The molecule has 0 spiro atoms. The Balaban J connectivity index is 1.97. The van der Waals surface area contributed by atoms with Crippen LogP contribution in [0.25, 0.3) is 0 Å². The minimum Gasteiger partial charge on any atom is -0.389 e. The molecule has 0 bridgehead atoms. The van der Waals surface area contributed by atoms with Gasteiger partial charge < -0.3 is 15.7 Å². The molecule has 1 aromatic heterocycles. The average Bonchev–Trinajstić information content (AvgIpc) is 2.85. The third-order valence-electron chi connectivity index (χ3n) is 2.98. The van der Waals surface area contributed by atoms with Crippen molar-refractivity contribution in [1.29, 1.82) is 0 Å². The number of carbonyl (C=O) groups excluding carboxylic acids is 1. The number of nitrogens with zero attached hydrogens (tertiary/aromatic N) is 1. The van der Waals surface area contributed by atoms with Gasteiger partial charge in [0.25, 0.3) is 0 Å². The van der Waals surface area contributed by atoms with Crippen LogP contribution in [0.15, 0.2) is 30.5 Å². The van der Waals surface area contributed by atoms with Crippen molar-refractivity contribution in [2.45, 2.75) is 32.9 Å². The molecule has 0 aliphatic rings. The number of hydrogen-bond donors (Lipinski definition) is 3. The standard InChI is InChI=1S/C15H19N3O2S/c1-9-8-16-14(21-9)10(2)17-15(20)18-13-6-4-5-12(7-13)11(3)19/h4-8,10-11,19H,1-3H3,(H2,17,18,20). The number of aliphatic hydroxyl groups excluding tert-OH is 1. The van der Waals surface area contributed by atoms with E-state index in [-0.39, 0.29) is 12.1 Å². The Morgan fingerprint density at radius 3 is 2.76 bits per heavy atom. The summed E-state index contributed by atoms with van der Waals surface area (Å²) in [4.78, 5) is 17.3. The first-order valence-electron chi connectivity index (χ1n) is 6.73. The molecule has 0 saturated heterocycles. The number of aliphatic hydroxyl groups is 1. The molecule has 5 nitrogen and oxygen atoms in total. The average molecular weight is 305 g/mol. The molecule has 21 heavy (non-hydrogen) atoms. The largest absolute Gasteiger partial charge is 0.389 e. The highest BCUT2D eigenvalue weighted by molar-refractivity contribution is 7.11. The lowest BCUT2D eigenvalue weighted by Crippen LogP contribution is -2.31. The predicted molar refractivity (Wildman–Crippen MR) is 84.5 cm³/mol. The van der Waals surface area contributed by atoms with E-state index in [1.165, 1.54) is 0 Å². The summed E-state index contributed by atoms with van der Waals surface area (Å²) in [5, 5.41) is 16.0. The van der Waals surface area contributed by atoms with Gasteiger partial charge in [0, 0.05) is 16.8 Å². The molecule has 1 aromatic carbocycles. The molecular weight excluding hydrogens is 286 g/mol. The number of aryl methyl sites for hydroxylation is 1. The fourth-order valence-electron chi connectivity index (χ4n) is 1.87. The van der Waals surface area contributed by atoms with Gasteiger partial charge in [0.2, 0.25) is 0 Å². The summed E-state index contributed by atoms with van der Waals surface area (Å²) in [5.41, 5.74) is 1.41. The van der Waals surface area contributed by atoms with Crippen molar-refractivity contribution in [2.75, 3.05) is 5.32 Å². The first-order valence-corrected chi connectivity index (χ1v) is 7.55. The number of thiazole rings is 1. The zero-order chi connectivity index (χ0) is 15.4. The second-order valence-corrected chi connectivity index (χ2v) is 6.20. The number of urea groups is 1. The second-order valence-electron chi connectivity index (χ2n) is 4.93. The van der Waals surface area contributed by atoms with E-state index in [1.807, 2.05) is 19.9 Å². The highest BCUT2D eigenvalue weighted by Gasteiger charge is 2.13. The SMILES string of the molecule is Cc1cnc(C(C)NC(=O)Nc2cccc(C(C)O)c2)s1. The van der Waals surface area contributed by atoms with Crippen LogP contribution in [0.4, 0.5) is 10.5 Å². The Labute approximate surface area is 128 Å². The molecule has 0 aliphatic carbocycles. The summed E-state index contributed by atoms with van der Waals surface area (Å²) in [7, 11) is 0. The Morgan fingerprint density at radius 1 is 1.38 bits per heavy atom. The first kappa shape index (κ1) is 15.5. The van der Waals surface area contributed by atoms with Crippen LogP contribution in [0, 0.1) is 6.92 Å². The summed E-state index contributed by atoms with van der Waals surface area (Å²) in [6.45, 7) is 5.56. The van der Waals surface area contributed by atoms with E-state index in [1.54, 1.807) is 42.7 Å². The van der Waals surface area contributed by atoms with E-state index in [0.717, 1.165) is 15.4 Å². The van der Waals surface area contributed by atoms with Crippen LogP contribution in [0.5, 0.6) is 0 Å². The monoisotopic (exact) mass is 305 g/mol. The van der Waals surface area contributed by atoms with Gasteiger partial charge in [-0.05, 0) is 38.5 Å². The maximum absolute atomic E-state index is 12.0. The van der Waals surface area contributed by atoms with E-state index in [4.69, 9.17) is 0 Å². The number of amides is 2. The van der Waals surface area contributed by atoms with E-state index < -0.39 is 6.10 Å². The van der Waals surface area contributed by atoms with Gasteiger partial charge in [-0.1, -0.05) is 12.1 Å². The van der Waals surface area contributed by atoms with Crippen LogP contribution < -0.4 is 10.6 Å². The fourth-order valence-corrected chi connectivity index (χ4v) is 2.65. The molecule has 6 heteroatoms. The van der Waals surface area contributed by atoms with Crippen LogP contribution in [0.2, 0.25) is 0 Å². The van der Waals surface area contributed by atoms with E-state index >= 15 is 0 Å². The molecule has 1 heterocycles. The summed E-state index contributed by atoms with van der Waals surface area (Å²) in [6, 6.07) is 6.70. The normalized spacial score (nSPS) is 13.5. The lowest BCUT2D eigenvalue weighted by molar-refractivity contribution is 0.199. The quantitative estimate of drug-likeness (QED) is 0.810. The molecule has 112 valence electrons. The summed E-state index contributed by atoms with van der Waals surface area (Å²) in [6.07, 6.45) is 1.23. The van der Waals surface area contributed by atoms with Crippen molar-refractivity contribution in [1.82, 2.24) is 10.3 Å². The molecular formula is C15H19N3O2S. The van der Waals surface area contributed by atoms with Crippen molar-refractivity contribution in [3.63, 3.8) is 0 Å². The second kappa shape index (κ2) is 6.69. The van der Waals surface area contributed by atoms with Crippen LogP contribution in [0.1, 0.15) is 41.4 Å². The molecule has 0 saturated carbocycles. The highest BCUT2D eigenvalue weighted by Crippen LogP contribution is 2.20. The molecule has 2 atom stereocenters. The van der Waals surface area contributed by atoms with Crippen LogP contribution >= 0.6 is 11.3 Å². The molecule has 3 N–H and O–H groups in total. The number of carbonyl (C=O) groups is 1. The van der Waals surface area contributed by atoms with Gasteiger partial charge in [0.05, 0.1) is 12.1 Å². The van der Waals surface area contributed by atoms with Crippen molar-refractivity contribution >= 4 is 23.1 Å². The maximum Gasteiger partial charge on any atom is 0.319 e. The number of aromatic nitrogens is 1. The van der Waals surface area contributed by atoms with Gasteiger partial charge in [-0.25, -0.2) is 9.78 Å². The minimum absolute atomic E-state index is 0.149. The number of nitrogens with one attached hydrogen (secondary N) is 2. The van der Waals surface area contributed by atoms with Crippen LogP contribution in [-0.2, 0) is 0 Å². The smallest absolute Gasteiger partial charge is 0.319 e.